The van der Waals surface area contributed by atoms with E-state index in [9.17, 15) is 4.79 Å². The molecule has 0 heterocycles. The van der Waals surface area contributed by atoms with Crippen molar-refractivity contribution in [1.29, 1.82) is 0 Å². The van der Waals surface area contributed by atoms with E-state index < -0.39 is 0 Å². The van der Waals surface area contributed by atoms with Crippen LogP contribution in [0.15, 0.2) is 18.2 Å². The number of hydrogen-bond acceptors (Lipinski definition) is 5. The topological polar surface area (TPSA) is 54.0 Å². The highest BCUT2D eigenvalue weighted by Gasteiger charge is 2.23. The molecule has 0 aliphatic carbocycles. The minimum Gasteiger partial charge on any atom is -0.496 e. The van der Waals surface area contributed by atoms with Crippen molar-refractivity contribution in [2.75, 3.05) is 28.4 Å². The number of rotatable bonds is 13. The summed E-state index contributed by atoms with van der Waals surface area (Å²) >= 11 is 0. The number of carbonyl (C=O) groups excluding carboxylic acids is 1. The minimum absolute atomic E-state index is 0.0560. The van der Waals surface area contributed by atoms with Crippen LogP contribution < -0.4 is 18.9 Å². The molecule has 0 aromatic heterocycles. The lowest BCUT2D eigenvalue weighted by Crippen LogP contribution is -2.05. The van der Waals surface area contributed by atoms with Gasteiger partial charge < -0.3 is 18.9 Å². The number of unbranched alkanes of at least 4 members (excludes halogenated alkanes) is 6. The summed E-state index contributed by atoms with van der Waals surface area (Å²) in [6.45, 7) is 2.22. The number of ketones is 1. The van der Waals surface area contributed by atoms with Crippen molar-refractivity contribution in [3.8, 4) is 23.0 Å². The fourth-order valence-electron chi connectivity index (χ4n) is 3.74. The Morgan fingerprint density at radius 1 is 0.724 bits per heavy atom. The SMILES string of the molecule is CCCCCCCCCC(=O)c1cc(OC)c2c(OC)ccc(OC)c2c1OC. The summed E-state index contributed by atoms with van der Waals surface area (Å²) in [6, 6.07) is 5.39. The van der Waals surface area contributed by atoms with Gasteiger partial charge in [0.1, 0.15) is 23.0 Å². The molecule has 29 heavy (non-hydrogen) atoms. The highest BCUT2D eigenvalue weighted by atomic mass is 16.5. The lowest BCUT2D eigenvalue weighted by molar-refractivity contribution is 0.0976. The van der Waals surface area contributed by atoms with Crippen LogP contribution in [0.5, 0.6) is 23.0 Å². The molecule has 0 aliphatic rings. The second-order valence-electron chi connectivity index (χ2n) is 7.17. The number of ether oxygens (including phenoxy) is 4. The van der Waals surface area contributed by atoms with Gasteiger partial charge in [-0.15, -0.1) is 0 Å². The van der Waals surface area contributed by atoms with Gasteiger partial charge in [-0.1, -0.05) is 45.4 Å². The maximum Gasteiger partial charge on any atom is 0.166 e. The Labute approximate surface area is 174 Å². The molecule has 0 spiro atoms. The predicted molar refractivity (Wildman–Crippen MR) is 117 cm³/mol. The lowest BCUT2D eigenvalue weighted by atomic mass is 9.97. The van der Waals surface area contributed by atoms with Crippen molar-refractivity contribution in [2.24, 2.45) is 0 Å². The van der Waals surface area contributed by atoms with Gasteiger partial charge in [0.25, 0.3) is 0 Å². The quantitative estimate of drug-likeness (QED) is 0.295. The number of fused-ring (bicyclic) bond motifs is 1. The first-order valence-electron chi connectivity index (χ1n) is 10.5. The third-order valence-corrected chi connectivity index (χ3v) is 5.29. The first-order chi connectivity index (χ1) is 14.1. The van der Waals surface area contributed by atoms with Crippen molar-refractivity contribution in [2.45, 2.75) is 58.3 Å². The van der Waals surface area contributed by atoms with Crippen LogP contribution in [-0.2, 0) is 0 Å². The highest BCUT2D eigenvalue weighted by molar-refractivity contribution is 6.10. The van der Waals surface area contributed by atoms with E-state index in [2.05, 4.69) is 6.92 Å². The van der Waals surface area contributed by atoms with Crippen LogP contribution in [0.2, 0.25) is 0 Å². The van der Waals surface area contributed by atoms with Crippen LogP contribution in [0.25, 0.3) is 10.8 Å². The molecule has 0 saturated carbocycles. The second kappa shape index (κ2) is 11.5. The Balaban J connectivity index is 2.32. The monoisotopic (exact) mass is 402 g/mol. The molecule has 2 rings (SSSR count). The van der Waals surface area contributed by atoms with E-state index in [0.29, 0.717) is 40.4 Å². The fraction of sp³-hybridized carbons (Fsp3) is 0.542. The smallest absolute Gasteiger partial charge is 0.166 e. The van der Waals surface area contributed by atoms with Gasteiger partial charge in [0.15, 0.2) is 5.78 Å². The van der Waals surface area contributed by atoms with E-state index in [1.165, 1.54) is 32.1 Å². The van der Waals surface area contributed by atoms with E-state index in [1.54, 1.807) is 34.5 Å². The van der Waals surface area contributed by atoms with Gasteiger partial charge in [-0.05, 0) is 24.6 Å². The van der Waals surface area contributed by atoms with Crippen LogP contribution >= 0.6 is 0 Å². The van der Waals surface area contributed by atoms with Gasteiger partial charge >= 0.3 is 0 Å². The maximum absolute atomic E-state index is 13.0. The molecule has 160 valence electrons. The molecule has 0 radical (unpaired) electrons. The molecule has 0 saturated heterocycles. The molecule has 0 N–H and O–H groups in total. The number of hydrogen-bond donors (Lipinski definition) is 0. The van der Waals surface area contributed by atoms with Crippen LogP contribution in [0.1, 0.15) is 68.6 Å². The molecule has 0 fully saturated rings. The Bertz CT molecular complexity index is 813. The average Bonchev–Trinajstić information content (AvgIpc) is 2.76. The normalized spacial score (nSPS) is 10.8. The van der Waals surface area contributed by atoms with Crippen LogP contribution in [0, 0.1) is 0 Å². The number of carbonyl (C=O) groups is 1. The largest absolute Gasteiger partial charge is 0.496 e. The van der Waals surface area contributed by atoms with Crippen LogP contribution in [0.3, 0.4) is 0 Å². The van der Waals surface area contributed by atoms with E-state index >= 15 is 0 Å². The maximum atomic E-state index is 13.0. The van der Waals surface area contributed by atoms with Crippen molar-refractivity contribution >= 4 is 16.6 Å². The predicted octanol–water partition coefficient (Wildman–Crippen LogP) is 6.20. The minimum atomic E-state index is 0.0560. The summed E-state index contributed by atoms with van der Waals surface area (Å²) in [5, 5.41) is 1.43. The number of benzene rings is 2. The fourth-order valence-corrected chi connectivity index (χ4v) is 3.74. The summed E-state index contributed by atoms with van der Waals surface area (Å²) in [7, 11) is 6.36. The molecule has 2 aromatic rings. The molecule has 0 bridgehead atoms. The first-order valence-corrected chi connectivity index (χ1v) is 10.5. The van der Waals surface area contributed by atoms with Gasteiger partial charge in [0.05, 0.1) is 44.8 Å². The van der Waals surface area contributed by atoms with Crippen molar-refractivity contribution < 1.29 is 23.7 Å². The Morgan fingerprint density at radius 3 is 1.83 bits per heavy atom. The summed E-state index contributed by atoms with van der Waals surface area (Å²) in [6.07, 6.45) is 8.67. The van der Waals surface area contributed by atoms with Gasteiger partial charge in [0, 0.05) is 6.42 Å². The van der Waals surface area contributed by atoms with E-state index in [0.717, 1.165) is 18.2 Å². The average molecular weight is 403 g/mol. The second-order valence-corrected chi connectivity index (χ2v) is 7.17. The summed E-state index contributed by atoms with van der Waals surface area (Å²) in [4.78, 5) is 13.0. The number of methoxy groups -OCH3 is 4. The van der Waals surface area contributed by atoms with Gasteiger partial charge in [-0.2, -0.15) is 0 Å². The van der Waals surface area contributed by atoms with Crippen molar-refractivity contribution in [3.63, 3.8) is 0 Å². The molecule has 5 nitrogen and oxygen atoms in total. The van der Waals surface area contributed by atoms with Gasteiger partial charge in [0.2, 0.25) is 0 Å². The van der Waals surface area contributed by atoms with Crippen molar-refractivity contribution in [3.05, 3.63) is 23.8 Å². The molecule has 0 atom stereocenters. The zero-order chi connectivity index (χ0) is 21.2. The van der Waals surface area contributed by atoms with E-state index in [4.69, 9.17) is 18.9 Å². The Hall–Kier alpha value is -2.43. The lowest BCUT2D eigenvalue weighted by Gasteiger charge is -2.18. The van der Waals surface area contributed by atoms with E-state index in [1.807, 2.05) is 12.1 Å². The molecule has 5 heteroatoms. The van der Waals surface area contributed by atoms with Crippen molar-refractivity contribution in [1.82, 2.24) is 0 Å². The molecule has 0 unspecified atom stereocenters. The van der Waals surface area contributed by atoms with Gasteiger partial charge in [-0.3, -0.25) is 4.79 Å². The summed E-state index contributed by atoms with van der Waals surface area (Å²) < 4.78 is 22.3. The molecular formula is C24H34O5. The third-order valence-electron chi connectivity index (χ3n) is 5.29. The standard InChI is InChI=1S/C24H34O5/c1-6-7-8-9-10-11-12-13-18(25)17-16-21(28-4)22-19(26-2)14-15-20(27-3)23(22)24(17)29-5/h14-16H,6-13H2,1-5H3. The van der Waals surface area contributed by atoms with E-state index in [-0.39, 0.29) is 5.78 Å². The highest BCUT2D eigenvalue weighted by Crippen LogP contribution is 2.46. The molecular weight excluding hydrogens is 368 g/mol. The Morgan fingerprint density at radius 2 is 1.28 bits per heavy atom. The first kappa shape index (κ1) is 22.9. The van der Waals surface area contributed by atoms with Gasteiger partial charge in [-0.25, -0.2) is 0 Å². The zero-order valence-corrected chi connectivity index (χ0v) is 18.4. The summed E-state index contributed by atoms with van der Waals surface area (Å²) in [5.41, 5.74) is 0.523. The third kappa shape index (κ3) is 5.34. The summed E-state index contributed by atoms with van der Waals surface area (Å²) in [5.74, 6) is 2.38. The van der Waals surface area contributed by atoms with Crippen LogP contribution in [-0.4, -0.2) is 34.2 Å². The zero-order valence-electron chi connectivity index (χ0n) is 18.4. The Kier molecular flexibility index (Phi) is 9.10. The molecule has 2 aromatic carbocycles. The molecule has 0 amide bonds. The molecule has 0 aliphatic heterocycles. The number of Topliss-reactive ketones (excluding diaryl/α,β-unsaturated/α-hetero) is 1. The van der Waals surface area contributed by atoms with Crippen LogP contribution in [0.4, 0.5) is 0 Å².